The van der Waals surface area contributed by atoms with Crippen LogP contribution >= 0.6 is 23.4 Å². The van der Waals surface area contributed by atoms with E-state index in [2.05, 4.69) is 5.32 Å². The van der Waals surface area contributed by atoms with Crippen molar-refractivity contribution in [3.05, 3.63) is 29.3 Å². The number of rotatable bonds is 8. The smallest absolute Gasteiger partial charge is 0.237 e. The first-order valence-corrected chi connectivity index (χ1v) is 8.16. The Morgan fingerprint density at radius 2 is 2.00 bits per heavy atom. The van der Waals surface area contributed by atoms with E-state index < -0.39 is 5.54 Å². The summed E-state index contributed by atoms with van der Waals surface area (Å²) in [6, 6.07) is 8.02. The summed E-state index contributed by atoms with van der Waals surface area (Å²) in [5.41, 5.74) is 4.88. The lowest BCUT2D eigenvalue weighted by Crippen LogP contribution is -2.55. The highest BCUT2D eigenvalue weighted by molar-refractivity contribution is 7.99. The fraction of sp³-hybridized carbons (Fsp3) is 0.533. The van der Waals surface area contributed by atoms with Crippen LogP contribution in [0.1, 0.15) is 33.6 Å². The van der Waals surface area contributed by atoms with Gasteiger partial charge in [0.1, 0.15) is 0 Å². The van der Waals surface area contributed by atoms with Gasteiger partial charge in [-0.3, -0.25) is 4.79 Å². The average molecular weight is 315 g/mol. The summed E-state index contributed by atoms with van der Waals surface area (Å²) in [5, 5.41) is 4.01. The van der Waals surface area contributed by atoms with Gasteiger partial charge in [-0.2, -0.15) is 0 Å². The summed E-state index contributed by atoms with van der Waals surface area (Å²) in [5.74, 6) is 0.660. The molecule has 1 amide bonds. The summed E-state index contributed by atoms with van der Waals surface area (Å²) in [7, 11) is 0. The van der Waals surface area contributed by atoms with Crippen molar-refractivity contribution in [2.45, 2.75) is 50.1 Å². The van der Waals surface area contributed by atoms with Crippen molar-refractivity contribution in [2.75, 3.05) is 5.75 Å². The topological polar surface area (TPSA) is 55.1 Å². The molecule has 0 aromatic heterocycles. The molecular formula is C15H23ClN2OS. The minimum Gasteiger partial charge on any atom is -0.368 e. The summed E-state index contributed by atoms with van der Waals surface area (Å²) in [4.78, 5) is 12.8. The maximum absolute atomic E-state index is 11.6. The second-order valence-electron chi connectivity index (χ2n) is 5.40. The molecule has 0 spiro atoms. The van der Waals surface area contributed by atoms with E-state index in [4.69, 9.17) is 17.3 Å². The molecule has 0 saturated heterocycles. The molecule has 1 atom stereocenters. The highest BCUT2D eigenvalue weighted by Crippen LogP contribution is 2.23. The van der Waals surface area contributed by atoms with Crippen LogP contribution in [-0.2, 0) is 4.79 Å². The first-order valence-electron chi connectivity index (χ1n) is 6.79. The van der Waals surface area contributed by atoms with Crippen molar-refractivity contribution in [1.29, 1.82) is 0 Å². The number of nitrogens with two attached hydrogens (primary N) is 1. The van der Waals surface area contributed by atoms with Gasteiger partial charge in [-0.15, -0.1) is 11.8 Å². The van der Waals surface area contributed by atoms with Gasteiger partial charge in [-0.1, -0.05) is 11.6 Å². The lowest BCUT2D eigenvalue weighted by atomic mass is 9.94. The second-order valence-corrected chi connectivity index (χ2v) is 7.01. The minimum absolute atomic E-state index is 0.233. The average Bonchev–Trinajstić information content (AvgIpc) is 2.36. The van der Waals surface area contributed by atoms with E-state index in [-0.39, 0.29) is 11.9 Å². The molecule has 112 valence electrons. The molecule has 1 rings (SSSR count). The maximum Gasteiger partial charge on any atom is 0.237 e. The van der Waals surface area contributed by atoms with Crippen LogP contribution in [0.4, 0.5) is 0 Å². The van der Waals surface area contributed by atoms with Gasteiger partial charge < -0.3 is 11.1 Å². The van der Waals surface area contributed by atoms with Crippen LogP contribution in [0.5, 0.6) is 0 Å². The van der Waals surface area contributed by atoms with Crippen LogP contribution in [0.2, 0.25) is 5.02 Å². The number of thioether (sulfide) groups is 1. The van der Waals surface area contributed by atoms with Crippen molar-refractivity contribution in [3.63, 3.8) is 0 Å². The molecule has 0 radical (unpaired) electrons. The number of carbonyl (C=O) groups is 1. The summed E-state index contributed by atoms with van der Waals surface area (Å²) in [6.07, 6.45) is 1.66. The zero-order valence-corrected chi connectivity index (χ0v) is 13.9. The number of halogens is 1. The molecule has 1 aromatic carbocycles. The third kappa shape index (κ3) is 5.73. The van der Waals surface area contributed by atoms with Gasteiger partial charge in [-0.05, 0) is 63.6 Å². The molecule has 1 aromatic rings. The fourth-order valence-corrected chi connectivity index (χ4v) is 3.03. The first kappa shape index (κ1) is 17.3. The van der Waals surface area contributed by atoms with Crippen molar-refractivity contribution in [2.24, 2.45) is 5.73 Å². The first-order chi connectivity index (χ1) is 9.33. The number of hydrogen-bond donors (Lipinski definition) is 2. The van der Waals surface area contributed by atoms with Gasteiger partial charge in [0.2, 0.25) is 5.91 Å². The van der Waals surface area contributed by atoms with E-state index in [1.807, 2.05) is 45.0 Å². The molecule has 3 N–H and O–H groups in total. The van der Waals surface area contributed by atoms with E-state index in [1.54, 1.807) is 11.8 Å². The van der Waals surface area contributed by atoms with Gasteiger partial charge in [-0.25, -0.2) is 0 Å². The Balaban J connectivity index is 2.41. The molecule has 0 aliphatic heterocycles. The molecule has 0 aliphatic rings. The number of amides is 1. The Morgan fingerprint density at radius 3 is 2.50 bits per heavy atom. The Kier molecular flexibility index (Phi) is 6.86. The number of hydrogen-bond acceptors (Lipinski definition) is 3. The molecule has 3 nitrogen and oxygen atoms in total. The number of primary amides is 1. The van der Waals surface area contributed by atoms with E-state index in [0.717, 1.165) is 23.6 Å². The van der Waals surface area contributed by atoms with E-state index in [1.165, 1.54) is 4.90 Å². The van der Waals surface area contributed by atoms with Crippen LogP contribution in [0, 0.1) is 0 Å². The van der Waals surface area contributed by atoms with E-state index >= 15 is 0 Å². The molecule has 0 heterocycles. The van der Waals surface area contributed by atoms with Crippen LogP contribution in [-0.4, -0.2) is 23.2 Å². The maximum atomic E-state index is 11.6. The minimum atomic E-state index is -0.630. The monoisotopic (exact) mass is 314 g/mol. The molecule has 0 fully saturated rings. The van der Waals surface area contributed by atoms with Crippen LogP contribution in [0.15, 0.2) is 29.2 Å². The summed E-state index contributed by atoms with van der Waals surface area (Å²) in [6.45, 7) is 5.91. The Bertz CT molecular complexity index is 436. The lowest BCUT2D eigenvalue weighted by Gasteiger charge is -2.29. The zero-order valence-electron chi connectivity index (χ0n) is 12.3. The molecule has 0 aliphatic carbocycles. The van der Waals surface area contributed by atoms with Crippen molar-refractivity contribution >= 4 is 29.3 Å². The molecule has 0 bridgehead atoms. The van der Waals surface area contributed by atoms with E-state index in [0.29, 0.717) is 0 Å². The number of benzene rings is 1. The Hall–Kier alpha value is -0.710. The van der Waals surface area contributed by atoms with Gasteiger partial charge in [0.15, 0.2) is 0 Å². The molecule has 0 saturated carbocycles. The number of carbonyl (C=O) groups excluding carboxylic acids is 1. The van der Waals surface area contributed by atoms with Crippen LogP contribution < -0.4 is 11.1 Å². The van der Waals surface area contributed by atoms with Gasteiger partial charge >= 0.3 is 0 Å². The van der Waals surface area contributed by atoms with Crippen LogP contribution in [0.25, 0.3) is 0 Å². The molecule has 5 heteroatoms. The van der Waals surface area contributed by atoms with Gasteiger partial charge in [0.05, 0.1) is 5.54 Å². The van der Waals surface area contributed by atoms with Crippen LogP contribution in [0.3, 0.4) is 0 Å². The predicted octanol–water partition coefficient (Wildman–Crippen LogP) is 3.45. The largest absolute Gasteiger partial charge is 0.368 e. The molecular weight excluding hydrogens is 292 g/mol. The predicted molar refractivity (Wildman–Crippen MR) is 87.3 cm³/mol. The summed E-state index contributed by atoms with van der Waals surface area (Å²) < 4.78 is 0. The van der Waals surface area contributed by atoms with Gasteiger partial charge in [0.25, 0.3) is 0 Å². The highest BCUT2D eigenvalue weighted by Gasteiger charge is 2.30. The van der Waals surface area contributed by atoms with Crippen molar-refractivity contribution < 1.29 is 4.79 Å². The normalized spacial score (nSPS) is 14.2. The van der Waals surface area contributed by atoms with Crippen molar-refractivity contribution in [1.82, 2.24) is 5.32 Å². The standard InChI is InChI=1S/C15H23ClN2OS/c1-11(2)18-15(3,14(17)19)9-4-10-20-13-7-5-12(16)6-8-13/h5-8,11,18H,4,9-10H2,1-3H3,(H2,17,19). The fourth-order valence-electron chi connectivity index (χ4n) is 2.05. The van der Waals surface area contributed by atoms with Crippen molar-refractivity contribution in [3.8, 4) is 0 Å². The highest BCUT2D eigenvalue weighted by atomic mass is 35.5. The zero-order chi connectivity index (χ0) is 15.2. The lowest BCUT2D eigenvalue weighted by molar-refractivity contribution is -0.124. The third-order valence-electron chi connectivity index (χ3n) is 3.05. The Labute approximate surface area is 130 Å². The summed E-state index contributed by atoms with van der Waals surface area (Å²) >= 11 is 7.61. The number of nitrogens with one attached hydrogen (secondary N) is 1. The molecule has 20 heavy (non-hydrogen) atoms. The Morgan fingerprint density at radius 1 is 1.40 bits per heavy atom. The van der Waals surface area contributed by atoms with Gasteiger partial charge in [0, 0.05) is 16.0 Å². The quantitative estimate of drug-likeness (QED) is 0.571. The van der Waals surface area contributed by atoms with E-state index in [9.17, 15) is 4.79 Å². The molecule has 1 unspecified atom stereocenters. The third-order valence-corrected chi connectivity index (χ3v) is 4.40. The second kappa shape index (κ2) is 7.91. The SMILES string of the molecule is CC(C)NC(C)(CCCSc1ccc(Cl)cc1)C(N)=O.